The normalized spacial score (nSPS) is 16.9. The minimum Gasteiger partial charge on any atom is -0.312 e. The minimum absolute atomic E-state index is 0.376. The fourth-order valence-corrected chi connectivity index (χ4v) is 2.41. The largest absolute Gasteiger partial charge is 0.312 e. The van der Waals surface area contributed by atoms with E-state index in [-0.39, 0.29) is 0 Å². The lowest BCUT2D eigenvalue weighted by Crippen LogP contribution is -2.21. The van der Waals surface area contributed by atoms with E-state index in [2.05, 4.69) is 11.4 Å². The molecule has 2 rings (SSSR count). The summed E-state index contributed by atoms with van der Waals surface area (Å²) in [5.74, 6) is 0. The Bertz CT molecular complexity index is 500. The predicted octanol–water partition coefficient (Wildman–Crippen LogP) is 1.47. The Labute approximate surface area is 96.1 Å². The number of rotatable bonds is 2. The summed E-state index contributed by atoms with van der Waals surface area (Å²) in [6.45, 7) is 1.88. The lowest BCUT2D eigenvalue weighted by atomic mass is 10.0. The molecule has 1 N–H and O–H groups in total. The van der Waals surface area contributed by atoms with Gasteiger partial charge in [-0.1, -0.05) is 18.2 Å². The molecule has 1 aromatic carbocycles. The molecule has 1 heterocycles. The summed E-state index contributed by atoms with van der Waals surface area (Å²) in [7, 11) is -3.09. The third-order valence-electron chi connectivity index (χ3n) is 2.68. The molecule has 86 valence electrons. The zero-order valence-electron chi connectivity index (χ0n) is 9.23. The van der Waals surface area contributed by atoms with Crippen molar-refractivity contribution in [2.45, 2.75) is 11.3 Å². The van der Waals surface area contributed by atoms with Gasteiger partial charge in [0.15, 0.2) is 9.84 Å². The molecule has 0 spiro atoms. The number of hydrogen-bond donors (Lipinski definition) is 1. The van der Waals surface area contributed by atoms with E-state index < -0.39 is 9.84 Å². The van der Waals surface area contributed by atoms with Crippen molar-refractivity contribution < 1.29 is 8.42 Å². The highest BCUT2D eigenvalue weighted by Crippen LogP contribution is 2.19. The first-order valence-corrected chi connectivity index (χ1v) is 7.17. The minimum atomic E-state index is -3.09. The van der Waals surface area contributed by atoms with Crippen LogP contribution in [0.3, 0.4) is 0 Å². The Morgan fingerprint density at radius 1 is 1.19 bits per heavy atom. The van der Waals surface area contributed by atoms with Gasteiger partial charge in [0.05, 0.1) is 4.90 Å². The highest BCUT2D eigenvalue weighted by Gasteiger charge is 2.09. The molecule has 0 amide bonds. The SMILES string of the molecule is CS(=O)(=O)c1ccc(C2=CCCNC2)cc1. The van der Waals surface area contributed by atoms with Crippen molar-refractivity contribution in [3.8, 4) is 0 Å². The van der Waals surface area contributed by atoms with Crippen LogP contribution >= 0.6 is 0 Å². The fraction of sp³-hybridized carbons (Fsp3) is 0.333. The van der Waals surface area contributed by atoms with Gasteiger partial charge < -0.3 is 5.32 Å². The van der Waals surface area contributed by atoms with Crippen molar-refractivity contribution in [1.82, 2.24) is 5.32 Å². The molecule has 3 nitrogen and oxygen atoms in total. The Balaban J connectivity index is 2.29. The van der Waals surface area contributed by atoms with Gasteiger partial charge in [0.2, 0.25) is 0 Å². The smallest absolute Gasteiger partial charge is 0.175 e. The van der Waals surface area contributed by atoms with Gasteiger partial charge in [0, 0.05) is 12.8 Å². The van der Waals surface area contributed by atoms with Crippen LogP contribution in [-0.2, 0) is 9.84 Å². The first-order valence-electron chi connectivity index (χ1n) is 5.27. The van der Waals surface area contributed by atoms with Gasteiger partial charge in [0.25, 0.3) is 0 Å². The van der Waals surface area contributed by atoms with E-state index in [4.69, 9.17) is 0 Å². The molecule has 0 saturated heterocycles. The standard InChI is InChI=1S/C12H15NO2S/c1-16(14,15)12-6-4-10(5-7-12)11-3-2-8-13-9-11/h3-7,13H,2,8-9H2,1H3. The van der Waals surface area contributed by atoms with E-state index in [1.54, 1.807) is 12.1 Å². The maximum atomic E-state index is 11.3. The molecule has 0 atom stereocenters. The molecule has 1 aromatic rings. The van der Waals surface area contributed by atoms with Gasteiger partial charge in [-0.2, -0.15) is 0 Å². The van der Waals surface area contributed by atoms with Gasteiger partial charge in [-0.3, -0.25) is 0 Å². The highest BCUT2D eigenvalue weighted by molar-refractivity contribution is 7.90. The van der Waals surface area contributed by atoms with Gasteiger partial charge in [0.1, 0.15) is 0 Å². The van der Waals surface area contributed by atoms with Crippen LogP contribution in [0.2, 0.25) is 0 Å². The molecule has 4 heteroatoms. The number of sulfone groups is 1. The summed E-state index contributed by atoms with van der Waals surface area (Å²) in [5, 5.41) is 3.29. The topological polar surface area (TPSA) is 46.2 Å². The van der Waals surface area contributed by atoms with Crippen LogP contribution in [0.4, 0.5) is 0 Å². The second-order valence-corrected chi connectivity index (χ2v) is 6.01. The Morgan fingerprint density at radius 2 is 1.88 bits per heavy atom. The van der Waals surface area contributed by atoms with E-state index in [1.165, 1.54) is 11.8 Å². The molecule has 1 aliphatic heterocycles. The van der Waals surface area contributed by atoms with Crippen molar-refractivity contribution in [3.05, 3.63) is 35.9 Å². The van der Waals surface area contributed by atoms with E-state index in [9.17, 15) is 8.42 Å². The zero-order chi connectivity index (χ0) is 11.6. The summed E-state index contributed by atoms with van der Waals surface area (Å²) in [5.41, 5.74) is 2.34. The first-order chi connectivity index (χ1) is 7.57. The van der Waals surface area contributed by atoms with Crippen LogP contribution in [0.1, 0.15) is 12.0 Å². The Morgan fingerprint density at radius 3 is 2.38 bits per heavy atom. The predicted molar refractivity (Wildman–Crippen MR) is 65.0 cm³/mol. The Kier molecular flexibility index (Phi) is 3.12. The first kappa shape index (κ1) is 11.4. The molecule has 0 fully saturated rings. The average molecular weight is 237 g/mol. The van der Waals surface area contributed by atoms with Crippen LogP contribution in [0, 0.1) is 0 Å². The molecular weight excluding hydrogens is 222 g/mol. The molecule has 16 heavy (non-hydrogen) atoms. The molecule has 1 aliphatic rings. The molecular formula is C12H15NO2S. The van der Waals surface area contributed by atoms with Crippen molar-refractivity contribution in [1.29, 1.82) is 0 Å². The number of nitrogens with one attached hydrogen (secondary N) is 1. The number of benzene rings is 1. The van der Waals surface area contributed by atoms with Crippen molar-refractivity contribution in [2.75, 3.05) is 19.3 Å². The second kappa shape index (κ2) is 4.39. The van der Waals surface area contributed by atoms with E-state index in [1.807, 2.05) is 12.1 Å². The van der Waals surface area contributed by atoms with Gasteiger partial charge in [-0.25, -0.2) is 8.42 Å². The Hall–Kier alpha value is -1.13. The third kappa shape index (κ3) is 2.51. The fourth-order valence-electron chi connectivity index (χ4n) is 1.78. The third-order valence-corrected chi connectivity index (χ3v) is 3.81. The van der Waals surface area contributed by atoms with Gasteiger partial charge in [-0.05, 0) is 36.2 Å². The van der Waals surface area contributed by atoms with Crippen LogP contribution in [0.15, 0.2) is 35.2 Å². The summed E-state index contributed by atoms with van der Waals surface area (Å²) in [6, 6.07) is 7.07. The van der Waals surface area contributed by atoms with E-state index in [0.29, 0.717) is 4.90 Å². The molecule has 0 radical (unpaired) electrons. The quantitative estimate of drug-likeness (QED) is 0.847. The van der Waals surface area contributed by atoms with Crippen molar-refractivity contribution >= 4 is 15.4 Å². The van der Waals surface area contributed by atoms with Crippen molar-refractivity contribution in [2.24, 2.45) is 0 Å². The zero-order valence-corrected chi connectivity index (χ0v) is 10.0. The average Bonchev–Trinajstić information content (AvgIpc) is 2.29. The molecule has 0 aromatic heterocycles. The molecule has 0 saturated carbocycles. The van der Waals surface area contributed by atoms with Crippen LogP contribution < -0.4 is 5.32 Å². The van der Waals surface area contributed by atoms with Gasteiger partial charge >= 0.3 is 0 Å². The molecule has 0 aliphatic carbocycles. The maximum absolute atomic E-state index is 11.3. The highest BCUT2D eigenvalue weighted by atomic mass is 32.2. The summed E-state index contributed by atoms with van der Waals surface area (Å²) < 4.78 is 22.6. The van der Waals surface area contributed by atoms with E-state index in [0.717, 1.165) is 25.1 Å². The number of hydrogen-bond acceptors (Lipinski definition) is 3. The lowest BCUT2D eigenvalue weighted by Gasteiger charge is -2.14. The summed E-state index contributed by atoms with van der Waals surface area (Å²) in [6.07, 6.45) is 4.46. The van der Waals surface area contributed by atoms with Crippen molar-refractivity contribution in [3.63, 3.8) is 0 Å². The monoisotopic (exact) mass is 237 g/mol. The van der Waals surface area contributed by atoms with Crippen LogP contribution in [0.5, 0.6) is 0 Å². The lowest BCUT2D eigenvalue weighted by molar-refractivity contribution is 0.602. The van der Waals surface area contributed by atoms with Gasteiger partial charge in [-0.15, -0.1) is 0 Å². The molecule has 0 bridgehead atoms. The summed E-state index contributed by atoms with van der Waals surface area (Å²) in [4.78, 5) is 0.376. The summed E-state index contributed by atoms with van der Waals surface area (Å²) >= 11 is 0. The second-order valence-electron chi connectivity index (χ2n) is 3.99. The van der Waals surface area contributed by atoms with Crippen LogP contribution in [-0.4, -0.2) is 27.8 Å². The molecule has 0 unspecified atom stereocenters. The van der Waals surface area contributed by atoms with Crippen LogP contribution in [0.25, 0.3) is 5.57 Å². The van der Waals surface area contributed by atoms with E-state index >= 15 is 0 Å². The maximum Gasteiger partial charge on any atom is 0.175 e.